The van der Waals surface area contributed by atoms with Gasteiger partial charge in [0.15, 0.2) is 6.10 Å². The van der Waals surface area contributed by atoms with Gasteiger partial charge in [0.05, 0.1) is 12.2 Å². The van der Waals surface area contributed by atoms with Crippen molar-refractivity contribution < 1.29 is 29.3 Å². The summed E-state index contributed by atoms with van der Waals surface area (Å²) in [6.45, 7) is 0.370. The molecular weight excluding hydrogens is 398 g/mol. The Hall–Kier alpha value is -1.70. The maximum Gasteiger partial charge on any atom is 0.305 e. The fourth-order valence-electron chi connectivity index (χ4n) is 4.37. The first kappa shape index (κ1) is 25.6. The van der Waals surface area contributed by atoms with Gasteiger partial charge in [-0.15, -0.1) is 0 Å². The number of ether oxygens (including phenoxy) is 2. The van der Waals surface area contributed by atoms with Gasteiger partial charge in [-0.25, -0.2) is 0 Å². The number of hydrogen-bond acceptors (Lipinski definition) is 6. The van der Waals surface area contributed by atoms with Crippen LogP contribution < -0.4 is 5.73 Å². The number of hydrogen-bond donors (Lipinski definition) is 3. The zero-order valence-electron chi connectivity index (χ0n) is 18.5. The first-order valence-electron chi connectivity index (χ1n) is 11.7. The molecular formula is C24H39NO6. The molecule has 0 aromatic rings. The van der Waals surface area contributed by atoms with Gasteiger partial charge >= 0.3 is 5.97 Å². The van der Waals surface area contributed by atoms with Crippen molar-refractivity contribution in [3.63, 3.8) is 0 Å². The molecule has 1 heterocycles. The van der Waals surface area contributed by atoms with Gasteiger partial charge < -0.3 is 25.4 Å². The van der Waals surface area contributed by atoms with E-state index in [1.165, 1.54) is 19.3 Å². The minimum atomic E-state index is -1.45. The molecule has 1 aliphatic heterocycles. The van der Waals surface area contributed by atoms with Crippen molar-refractivity contribution >= 4 is 11.9 Å². The van der Waals surface area contributed by atoms with Crippen LogP contribution in [0.2, 0.25) is 0 Å². The first-order chi connectivity index (χ1) is 15.0. The maximum absolute atomic E-state index is 11.7. The molecule has 4 N–H and O–H groups in total. The average molecular weight is 438 g/mol. The lowest BCUT2D eigenvalue weighted by atomic mass is 9.85. The number of primary amides is 1. The lowest BCUT2D eigenvalue weighted by molar-refractivity contribution is -0.148. The van der Waals surface area contributed by atoms with E-state index in [1.54, 1.807) is 0 Å². The molecule has 176 valence electrons. The smallest absolute Gasteiger partial charge is 0.305 e. The summed E-state index contributed by atoms with van der Waals surface area (Å²) in [5.74, 6) is -0.530. The molecule has 0 spiro atoms. The van der Waals surface area contributed by atoms with Crippen LogP contribution in [-0.2, 0) is 19.1 Å². The molecule has 1 aliphatic carbocycles. The van der Waals surface area contributed by atoms with Gasteiger partial charge in [0, 0.05) is 13.0 Å². The number of carbonyl (C=O) groups excluding carboxylic acids is 2. The van der Waals surface area contributed by atoms with Crippen molar-refractivity contribution in [1.29, 1.82) is 0 Å². The number of aliphatic hydroxyl groups is 2. The molecule has 0 radical (unpaired) electrons. The van der Waals surface area contributed by atoms with Crippen LogP contribution in [-0.4, -0.2) is 53.6 Å². The van der Waals surface area contributed by atoms with Crippen LogP contribution in [0.1, 0.15) is 70.6 Å². The Balaban J connectivity index is 1.66. The van der Waals surface area contributed by atoms with Gasteiger partial charge in [-0.2, -0.15) is 0 Å². The van der Waals surface area contributed by atoms with Gasteiger partial charge in [0.1, 0.15) is 6.61 Å². The number of carbonyl (C=O) groups is 2. The molecule has 31 heavy (non-hydrogen) atoms. The van der Waals surface area contributed by atoms with Crippen molar-refractivity contribution in [2.45, 2.75) is 88.9 Å². The first-order valence-corrected chi connectivity index (χ1v) is 11.7. The predicted molar refractivity (Wildman–Crippen MR) is 118 cm³/mol. The number of rotatable bonds is 12. The van der Waals surface area contributed by atoms with Gasteiger partial charge in [0.2, 0.25) is 5.91 Å². The van der Waals surface area contributed by atoms with Gasteiger partial charge in [-0.1, -0.05) is 50.0 Å². The normalized spacial score (nSPS) is 25.0. The monoisotopic (exact) mass is 437 g/mol. The lowest BCUT2D eigenvalue weighted by Crippen LogP contribution is -2.33. The Morgan fingerprint density at radius 2 is 1.84 bits per heavy atom. The molecule has 1 saturated carbocycles. The van der Waals surface area contributed by atoms with Gasteiger partial charge in [-0.05, 0) is 50.4 Å². The van der Waals surface area contributed by atoms with Gasteiger partial charge in [0.25, 0.3) is 0 Å². The Morgan fingerprint density at radius 1 is 1.06 bits per heavy atom. The highest BCUT2D eigenvalue weighted by Crippen LogP contribution is 2.28. The number of aliphatic hydroxyl groups excluding tert-OH is 2. The van der Waals surface area contributed by atoms with E-state index in [1.807, 2.05) is 18.2 Å². The van der Waals surface area contributed by atoms with E-state index in [0.717, 1.165) is 45.1 Å². The fourth-order valence-corrected chi connectivity index (χ4v) is 4.37. The zero-order chi connectivity index (χ0) is 22.5. The molecule has 1 amide bonds. The number of unbranched alkanes of at least 4 members (excludes halogenated alkanes) is 1. The van der Waals surface area contributed by atoms with Crippen molar-refractivity contribution in [1.82, 2.24) is 0 Å². The molecule has 7 nitrogen and oxygen atoms in total. The molecule has 7 heteroatoms. The van der Waals surface area contributed by atoms with Crippen LogP contribution in [0, 0.1) is 11.8 Å². The highest BCUT2D eigenvalue weighted by molar-refractivity contribution is 5.79. The van der Waals surface area contributed by atoms with Crippen molar-refractivity contribution in [3.05, 3.63) is 24.3 Å². The topological polar surface area (TPSA) is 119 Å². The summed E-state index contributed by atoms with van der Waals surface area (Å²) in [5, 5.41) is 19.6. The van der Waals surface area contributed by atoms with Crippen LogP contribution in [0.15, 0.2) is 24.3 Å². The summed E-state index contributed by atoms with van der Waals surface area (Å²) >= 11 is 0. The van der Waals surface area contributed by atoms with E-state index < -0.39 is 18.0 Å². The van der Waals surface area contributed by atoms with Crippen LogP contribution in [0.25, 0.3) is 0 Å². The maximum atomic E-state index is 11.7. The minimum absolute atomic E-state index is 0.0582. The Morgan fingerprint density at radius 3 is 2.58 bits per heavy atom. The molecule has 4 atom stereocenters. The SMILES string of the molecule is NC(=O)C(O)COC(=O)CCCC[C@@H]1CCCO[C@H]1/C=C/C=C/[C@H](O)C1CCCCC1. The molecule has 1 unspecified atom stereocenters. The third kappa shape index (κ3) is 9.97. The molecule has 0 aromatic heterocycles. The Labute approximate surface area is 185 Å². The zero-order valence-corrected chi connectivity index (χ0v) is 18.5. The summed E-state index contributed by atoms with van der Waals surface area (Å²) in [5.41, 5.74) is 4.92. The summed E-state index contributed by atoms with van der Waals surface area (Å²) in [7, 11) is 0. The second-order valence-corrected chi connectivity index (χ2v) is 8.74. The third-order valence-corrected chi connectivity index (χ3v) is 6.28. The Bertz CT molecular complexity index is 599. The van der Waals surface area contributed by atoms with Crippen LogP contribution in [0.4, 0.5) is 0 Å². The second kappa shape index (κ2) is 14.4. The standard InChI is InChI=1S/C24H39NO6/c25-24(29)21(27)17-31-23(28)15-7-4-11-19-12-8-16-30-22(19)14-6-5-13-20(26)18-9-2-1-3-10-18/h5-6,13-14,18-22,26-27H,1-4,7-12,15-17H2,(H2,25,29)/b13-5+,14-6+/t19-,20+,21?,22+/m1/s1. The molecule has 2 rings (SSSR count). The minimum Gasteiger partial charge on any atom is -0.462 e. The largest absolute Gasteiger partial charge is 0.462 e. The van der Waals surface area contributed by atoms with Gasteiger partial charge in [-0.3, -0.25) is 9.59 Å². The molecule has 1 saturated heterocycles. The molecule has 2 aliphatic rings. The highest BCUT2D eigenvalue weighted by Gasteiger charge is 2.23. The van der Waals surface area contributed by atoms with E-state index >= 15 is 0 Å². The number of nitrogens with two attached hydrogens (primary N) is 1. The number of esters is 1. The fraction of sp³-hybridized carbons (Fsp3) is 0.750. The third-order valence-electron chi connectivity index (χ3n) is 6.28. The average Bonchev–Trinajstić information content (AvgIpc) is 2.79. The van der Waals surface area contributed by atoms with E-state index in [0.29, 0.717) is 18.3 Å². The predicted octanol–water partition coefficient (Wildman–Crippen LogP) is 2.78. The van der Waals surface area contributed by atoms with E-state index in [-0.39, 0.29) is 25.2 Å². The lowest BCUT2D eigenvalue weighted by Gasteiger charge is -2.29. The second-order valence-electron chi connectivity index (χ2n) is 8.74. The summed E-state index contributed by atoms with van der Waals surface area (Å²) in [6.07, 6.45) is 17.0. The van der Waals surface area contributed by atoms with E-state index in [9.17, 15) is 19.8 Å². The number of amides is 1. The quantitative estimate of drug-likeness (QED) is 0.245. The van der Waals surface area contributed by atoms with Crippen LogP contribution >= 0.6 is 0 Å². The molecule has 0 bridgehead atoms. The summed E-state index contributed by atoms with van der Waals surface area (Å²) in [4.78, 5) is 22.4. The van der Waals surface area contributed by atoms with E-state index in [2.05, 4.69) is 6.08 Å². The summed E-state index contributed by atoms with van der Waals surface area (Å²) in [6, 6.07) is 0. The highest BCUT2D eigenvalue weighted by atomic mass is 16.5. The Kier molecular flexibility index (Phi) is 11.9. The number of allylic oxidation sites excluding steroid dienone is 2. The van der Waals surface area contributed by atoms with Crippen LogP contribution in [0.3, 0.4) is 0 Å². The van der Waals surface area contributed by atoms with Crippen molar-refractivity contribution in [2.75, 3.05) is 13.2 Å². The van der Waals surface area contributed by atoms with Crippen molar-refractivity contribution in [2.24, 2.45) is 17.6 Å². The van der Waals surface area contributed by atoms with E-state index in [4.69, 9.17) is 15.2 Å². The van der Waals surface area contributed by atoms with Crippen LogP contribution in [0.5, 0.6) is 0 Å². The summed E-state index contributed by atoms with van der Waals surface area (Å²) < 4.78 is 10.8. The molecule has 0 aromatic carbocycles. The van der Waals surface area contributed by atoms with Crippen molar-refractivity contribution in [3.8, 4) is 0 Å². The molecule has 2 fully saturated rings.